The van der Waals surface area contributed by atoms with Gasteiger partial charge in [-0.1, -0.05) is 30.0 Å². The molecule has 1 aromatic carbocycles. The summed E-state index contributed by atoms with van der Waals surface area (Å²) in [7, 11) is 1.67. The van der Waals surface area contributed by atoms with Crippen molar-refractivity contribution in [2.75, 3.05) is 7.05 Å². The molecule has 22 heavy (non-hydrogen) atoms. The van der Waals surface area contributed by atoms with Crippen molar-refractivity contribution in [3.8, 4) is 5.75 Å². The zero-order chi connectivity index (χ0) is 15.7. The van der Waals surface area contributed by atoms with E-state index in [0.29, 0.717) is 10.9 Å². The first-order valence-electron chi connectivity index (χ1n) is 7.23. The maximum Gasteiger partial charge on any atom is 0.159 e. The van der Waals surface area contributed by atoms with Crippen molar-refractivity contribution in [3.05, 3.63) is 30.3 Å². The van der Waals surface area contributed by atoms with Gasteiger partial charge in [0.25, 0.3) is 0 Å². The molecule has 2 aliphatic heterocycles. The first-order chi connectivity index (χ1) is 10.6. The second-order valence-electron chi connectivity index (χ2n) is 5.40. The van der Waals surface area contributed by atoms with E-state index < -0.39 is 24.4 Å². The zero-order valence-corrected chi connectivity index (χ0v) is 13.2. The van der Waals surface area contributed by atoms with Crippen molar-refractivity contribution in [2.24, 2.45) is 4.99 Å². The van der Waals surface area contributed by atoms with E-state index in [1.165, 1.54) is 11.8 Å². The predicted octanol–water partition coefficient (Wildman–Crippen LogP) is 0.591. The van der Waals surface area contributed by atoms with Crippen molar-refractivity contribution in [1.29, 1.82) is 0 Å². The fourth-order valence-corrected chi connectivity index (χ4v) is 3.80. The van der Waals surface area contributed by atoms with Crippen LogP contribution in [0.2, 0.25) is 0 Å². The topological polar surface area (TPSA) is 83.3 Å². The normalized spacial score (nSPS) is 37.5. The summed E-state index contributed by atoms with van der Waals surface area (Å²) in [5.41, 5.74) is -0.288. The summed E-state index contributed by atoms with van der Waals surface area (Å²) in [6.45, 7) is 1.83. The quantitative estimate of drug-likeness (QED) is 0.755. The van der Waals surface area contributed by atoms with Gasteiger partial charge in [0, 0.05) is 7.05 Å². The Labute approximate surface area is 133 Å². The fraction of sp³-hybridized carbons (Fsp3) is 0.533. The number of rotatable bonds is 3. The second kappa shape index (κ2) is 6.45. The Morgan fingerprint density at radius 2 is 2.00 bits per heavy atom. The lowest BCUT2D eigenvalue weighted by molar-refractivity contribution is -0.180. The number of aliphatic imine (C=N–C) groups is 1. The Balaban J connectivity index is 1.71. The molecule has 6 atom stereocenters. The van der Waals surface area contributed by atoms with Gasteiger partial charge in [0.2, 0.25) is 0 Å². The average Bonchev–Trinajstić information content (AvgIpc) is 2.95. The molecule has 2 aliphatic rings. The molecular weight excluding hydrogens is 304 g/mol. The Morgan fingerprint density at radius 3 is 2.68 bits per heavy atom. The van der Waals surface area contributed by atoms with Crippen molar-refractivity contribution in [2.45, 2.75) is 42.8 Å². The third kappa shape index (κ3) is 2.94. The van der Waals surface area contributed by atoms with Crippen molar-refractivity contribution >= 4 is 16.9 Å². The third-order valence-electron chi connectivity index (χ3n) is 3.89. The minimum atomic E-state index is -1.02. The molecule has 2 heterocycles. The van der Waals surface area contributed by atoms with Gasteiger partial charge in [0.15, 0.2) is 5.17 Å². The molecule has 2 fully saturated rings. The molecule has 6 nitrogen and oxygen atoms in total. The molecule has 0 saturated carbocycles. The highest BCUT2D eigenvalue weighted by Gasteiger charge is 2.50. The number of ether oxygens (including phenoxy) is 2. The lowest BCUT2D eigenvalue weighted by Gasteiger charge is -2.41. The fourth-order valence-electron chi connectivity index (χ4n) is 2.72. The van der Waals surface area contributed by atoms with Crippen molar-refractivity contribution in [3.63, 3.8) is 0 Å². The second-order valence-corrected chi connectivity index (χ2v) is 6.49. The predicted molar refractivity (Wildman–Crippen MR) is 85.1 cm³/mol. The van der Waals surface area contributed by atoms with Gasteiger partial charge in [-0.05, 0) is 19.1 Å². The number of nitrogens with zero attached hydrogens (tertiary/aromatic N) is 1. The van der Waals surface area contributed by atoms with Gasteiger partial charge < -0.3 is 25.0 Å². The van der Waals surface area contributed by atoms with Gasteiger partial charge in [0.05, 0.1) is 6.04 Å². The van der Waals surface area contributed by atoms with E-state index in [4.69, 9.17) is 9.47 Å². The Bertz CT molecular complexity index is 542. The van der Waals surface area contributed by atoms with E-state index in [0.717, 1.165) is 0 Å². The van der Waals surface area contributed by atoms with Gasteiger partial charge in [-0.15, -0.1) is 0 Å². The maximum absolute atomic E-state index is 10.3. The van der Waals surface area contributed by atoms with Gasteiger partial charge >= 0.3 is 0 Å². The lowest BCUT2D eigenvalue weighted by atomic mass is 9.95. The molecule has 0 aromatic heterocycles. The summed E-state index contributed by atoms with van der Waals surface area (Å²) in [6.07, 6.45) is -2.96. The van der Waals surface area contributed by atoms with Crippen LogP contribution < -0.4 is 10.1 Å². The van der Waals surface area contributed by atoms with E-state index in [9.17, 15) is 10.2 Å². The van der Waals surface area contributed by atoms with Crippen LogP contribution in [0.3, 0.4) is 0 Å². The highest BCUT2D eigenvalue weighted by molar-refractivity contribution is 8.14. The van der Waals surface area contributed by atoms with Crippen LogP contribution >= 0.6 is 11.8 Å². The zero-order valence-electron chi connectivity index (χ0n) is 12.4. The van der Waals surface area contributed by atoms with Crippen LogP contribution in [0.1, 0.15) is 6.92 Å². The smallest absolute Gasteiger partial charge is 0.159 e. The van der Waals surface area contributed by atoms with Crippen LogP contribution in [0.4, 0.5) is 0 Å². The minimum absolute atomic E-state index is 0.288. The molecule has 120 valence electrons. The van der Waals surface area contributed by atoms with E-state index in [1.807, 2.05) is 37.3 Å². The van der Waals surface area contributed by atoms with E-state index in [1.54, 1.807) is 7.05 Å². The van der Waals surface area contributed by atoms with E-state index in [2.05, 4.69) is 10.3 Å². The maximum atomic E-state index is 10.3. The number of hydrogen-bond acceptors (Lipinski definition) is 6. The first kappa shape index (κ1) is 15.6. The molecule has 2 saturated heterocycles. The molecule has 0 spiro atoms. The SMILES string of the molecule is CN=C1N[C@@H]2[C@@H](O)[C@H](O)[C@@H]([C@@H](C)Oc3ccccc3)O[C@@H]2S1. The van der Waals surface area contributed by atoms with Gasteiger partial charge in [-0.2, -0.15) is 0 Å². The number of fused-ring (bicyclic) bond motifs is 1. The lowest BCUT2D eigenvalue weighted by Crippen LogP contribution is -2.61. The number of aliphatic hydroxyl groups excluding tert-OH is 2. The largest absolute Gasteiger partial charge is 0.488 e. The Morgan fingerprint density at radius 1 is 1.27 bits per heavy atom. The van der Waals surface area contributed by atoms with Gasteiger partial charge in [0.1, 0.15) is 35.6 Å². The number of nitrogens with one attached hydrogen (secondary N) is 1. The summed E-state index contributed by atoms with van der Waals surface area (Å²) in [5.74, 6) is 0.704. The van der Waals surface area contributed by atoms with Gasteiger partial charge in [-0.25, -0.2) is 0 Å². The number of benzene rings is 1. The third-order valence-corrected chi connectivity index (χ3v) is 5.05. The summed E-state index contributed by atoms with van der Waals surface area (Å²) < 4.78 is 11.8. The number of thioether (sulfide) groups is 1. The number of aliphatic hydroxyl groups is 2. The van der Waals surface area contributed by atoms with Gasteiger partial charge in [-0.3, -0.25) is 4.99 Å². The summed E-state index contributed by atoms with van der Waals surface area (Å²) in [4.78, 5) is 4.07. The molecule has 0 aliphatic carbocycles. The molecule has 0 bridgehead atoms. The van der Waals surface area contributed by atoms with Crippen LogP contribution in [0, 0.1) is 0 Å². The number of hydrogen-bond donors (Lipinski definition) is 3. The highest BCUT2D eigenvalue weighted by atomic mass is 32.2. The molecule has 0 amide bonds. The van der Waals surface area contributed by atoms with Crippen LogP contribution in [0.15, 0.2) is 35.3 Å². The Kier molecular flexibility index (Phi) is 4.58. The summed E-state index contributed by atoms with van der Waals surface area (Å²) in [5, 5.41) is 24.5. The van der Waals surface area contributed by atoms with Crippen LogP contribution in [-0.4, -0.2) is 58.3 Å². The van der Waals surface area contributed by atoms with Crippen LogP contribution in [0.25, 0.3) is 0 Å². The molecule has 3 rings (SSSR count). The number of para-hydroxylation sites is 1. The summed E-state index contributed by atoms with van der Waals surface area (Å²) >= 11 is 1.42. The molecule has 0 radical (unpaired) electrons. The van der Waals surface area contributed by atoms with E-state index in [-0.39, 0.29) is 11.5 Å². The Hall–Kier alpha value is -1.28. The standard InChI is InChI=1S/C15H20N2O4S/c1-8(20-9-6-4-3-5-7-9)13-12(19)11(18)10-14(21-13)22-15(16-2)17-10/h3-8,10-14,18-19H,1-2H3,(H,16,17)/t8-,10-,11-,12+,13-,14-/m1/s1. The molecule has 3 N–H and O–H groups in total. The highest BCUT2D eigenvalue weighted by Crippen LogP contribution is 2.35. The summed E-state index contributed by atoms with van der Waals surface area (Å²) in [6, 6.07) is 9.00. The molecule has 7 heteroatoms. The van der Waals surface area contributed by atoms with Crippen molar-refractivity contribution in [1.82, 2.24) is 5.32 Å². The van der Waals surface area contributed by atoms with Crippen molar-refractivity contribution < 1.29 is 19.7 Å². The van der Waals surface area contributed by atoms with Crippen LogP contribution in [-0.2, 0) is 4.74 Å². The molecular formula is C15H20N2O4S. The number of amidine groups is 1. The first-order valence-corrected chi connectivity index (χ1v) is 8.11. The molecule has 1 aromatic rings. The minimum Gasteiger partial charge on any atom is -0.488 e. The van der Waals surface area contributed by atoms with E-state index >= 15 is 0 Å². The molecule has 0 unspecified atom stereocenters. The monoisotopic (exact) mass is 324 g/mol. The average molecular weight is 324 g/mol. The van der Waals surface area contributed by atoms with Crippen LogP contribution in [0.5, 0.6) is 5.75 Å².